The number of aromatic hydroxyl groups is 1. The lowest BCUT2D eigenvalue weighted by Gasteiger charge is -2.20. The molecule has 2 heterocycles. The van der Waals surface area contributed by atoms with E-state index in [1.54, 1.807) is 17.0 Å². The number of carbonyl (C=O) groups is 1. The quantitative estimate of drug-likeness (QED) is 0.905. The predicted octanol–water partition coefficient (Wildman–Crippen LogP) is 2.35. The Morgan fingerprint density at radius 2 is 2.04 bits per heavy atom. The van der Waals surface area contributed by atoms with Crippen LogP contribution in [0, 0.1) is 0 Å². The highest BCUT2D eigenvalue weighted by molar-refractivity contribution is 6.32. The summed E-state index contributed by atoms with van der Waals surface area (Å²) in [6.45, 7) is 5.87. The normalized spacial score (nSPS) is 14.1. The van der Waals surface area contributed by atoms with Crippen molar-refractivity contribution in [3.8, 4) is 5.88 Å². The van der Waals surface area contributed by atoms with Gasteiger partial charge < -0.3 is 10.0 Å². The second-order valence-electron chi connectivity index (χ2n) is 6.94. The number of hydrogen-bond donors (Lipinski definition) is 1. The van der Waals surface area contributed by atoms with Crippen molar-refractivity contribution in [1.29, 1.82) is 0 Å². The second kappa shape index (κ2) is 5.70. The molecule has 1 aliphatic rings. The predicted molar refractivity (Wildman–Crippen MR) is 92.9 cm³/mol. The lowest BCUT2D eigenvalue weighted by molar-refractivity contribution is -0.119. The fourth-order valence-electron chi connectivity index (χ4n) is 3.10. The Labute approximate surface area is 144 Å². The molecule has 0 bridgehead atoms. The van der Waals surface area contributed by atoms with Gasteiger partial charge in [0, 0.05) is 22.8 Å². The van der Waals surface area contributed by atoms with Gasteiger partial charge in [-0.2, -0.15) is 0 Å². The average Bonchev–Trinajstić information content (AvgIpc) is 3.01. The lowest BCUT2D eigenvalue weighted by Crippen LogP contribution is -2.38. The number of carbonyl (C=O) groups excluding carboxylic acids is 1. The fraction of sp³-hybridized carbons (Fsp3) is 0.412. The van der Waals surface area contributed by atoms with Crippen LogP contribution in [-0.2, 0) is 23.3 Å². The monoisotopic (exact) mass is 349 g/mol. The Bertz CT molecular complexity index is 861. The minimum absolute atomic E-state index is 0.124. The Hall–Kier alpha value is -2.21. The topological polar surface area (TPSA) is 67.5 Å². The Kier molecular flexibility index (Phi) is 3.95. The van der Waals surface area contributed by atoms with E-state index in [2.05, 4.69) is 0 Å². The van der Waals surface area contributed by atoms with Crippen LogP contribution in [-0.4, -0.2) is 26.7 Å². The first-order valence-electron chi connectivity index (χ1n) is 7.79. The van der Waals surface area contributed by atoms with Crippen molar-refractivity contribution >= 4 is 23.2 Å². The number of anilines is 1. The molecule has 2 aromatic rings. The van der Waals surface area contributed by atoms with Gasteiger partial charge in [0.1, 0.15) is 6.54 Å². The summed E-state index contributed by atoms with van der Waals surface area (Å²) in [7, 11) is 0. The van der Waals surface area contributed by atoms with Crippen molar-refractivity contribution in [2.45, 2.75) is 39.3 Å². The van der Waals surface area contributed by atoms with Crippen molar-refractivity contribution in [2.75, 3.05) is 11.4 Å². The molecule has 3 rings (SSSR count). The van der Waals surface area contributed by atoms with Crippen LogP contribution >= 0.6 is 11.6 Å². The molecule has 0 spiro atoms. The number of halogens is 1. The van der Waals surface area contributed by atoms with E-state index in [0.717, 1.165) is 11.3 Å². The first-order valence-corrected chi connectivity index (χ1v) is 8.17. The maximum Gasteiger partial charge on any atom is 0.332 e. The molecule has 0 saturated carbocycles. The SMILES string of the molecule is CC(C)(C)n1c(O)cn(CC(=O)N2CCc3c(Cl)cccc32)c1=O. The van der Waals surface area contributed by atoms with E-state index < -0.39 is 11.2 Å². The van der Waals surface area contributed by atoms with Gasteiger partial charge in [-0.05, 0) is 44.9 Å². The van der Waals surface area contributed by atoms with Crippen molar-refractivity contribution in [3.05, 3.63) is 45.5 Å². The first-order chi connectivity index (χ1) is 11.2. The summed E-state index contributed by atoms with van der Waals surface area (Å²) in [5.74, 6) is -0.352. The molecule has 1 aliphatic heterocycles. The van der Waals surface area contributed by atoms with E-state index in [4.69, 9.17) is 11.6 Å². The molecule has 7 heteroatoms. The Balaban J connectivity index is 1.88. The molecular weight excluding hydrogens is 330 g/mol. The van der Waals surface area contributed by atoms with E-state index in [-0.39, 0.29) is 18.3 Å². The van der Waals surface area contributed by atoms with E-state index >= 15 is 0 Å². The van der Waals surface area contributed by atoms with Gasteiger partial charge >= 0.3 is 5.69 Å². The molecule has 1 aromatic heterocycles. The summed E-state index contributed by atoms with van der Waals surface area (Å²) in [5.41, 5.74) is 0.775. The van der Waals surface area contributed by atoms with Gasteiger partial charge in [-0.15, -0.1) is 0 Å². The first kappa shape index (κ1) is 16.6. The molecule has 1 aromatic carbocycles. The van der Waals surface area contributed by atoms with Gasteiger partial charge in [0.2, 0.25) is 11.8 Å². The van der Waals surface area contributed by atoms with Crippen LogP contribution in [0.3, 0.4) is 0 Å². The molecule has 0 aliphatic carbocycles. The second-order valence-corrected chi connectivity index (χ2v) is 7.34. The van der Waals surface area contributed by atoms with Gasteiger partial charge in [0.05, 0.1) is 6.20 Å². The largest absolute Gasteiger partial charge is 0.493 e. The maximum atomic E-state index is 12.6. The van der Waals surface area contributed by atoms with Crippen LogP contribution < -0.4 is 10.6 Å². The molecule has 0 saturated heterocycles. The summed E-state index contributed by atoms with van der Waals surface area (Å²) in [5, 5.41) is 10.7. The van der Waals surface area contributed by atoms with E-state index in [0.29, 0.717) is 18.0 Å². The van der Waals surface area contributed by atoms with E-state index in [9.17, 15) is 14.7 Å². The molecule has 1 N–H and O–H groups in total. The number of fused-ring (bicyclic) bond motifs is 1. The highest BCUT2D eigenvalue weighted by Gasteiger charge is 2.28. The number of aromatic nitrogens is 2. The zero-order valence-electron chi connectivity index (χ0n) is 13.9. The fourth-order valence-corrected chi connectivity index (χ4v) is 3.37. The third-order valence-electron chi connectivity index (χ3n) is 4.19. The molecule has 0 fully saturated rings. The van der Waals surface area contributed by atoms with Crippen LogP contribution in [0.25, 0.3) is 0 Å². The zero-order valence-corrected chi connectivity index (χ0v) is 14.7. The van der Waals surface area contributed by atoms with Crippen LogP contribution in [0.2, 0.25) is 5.02 Å². The minimum atomic E-state index is -0.566. The lowest BCUT2D eigenvalue weighted by atomic mass is 10.1. The third-order valence-corrected chi connectivity index (χ3v) is 4.54. The van der Waals surface area contributed by atoms with Crippen molar-refractivity contribution in [3.63, 3.8) is 0 Å². The number of amides is 1. The van der Waals surface area contributed by atoms with Crippen LogP contribution in [0.15, 0.2) is 29.2 Å². The Morgan fingerprint density at radius 1 is 1.33 bits per heavy atom. The number of hydrogen-bond acceptors (Lipinski definition) is 3. The third kappa shape index (κ3) is 2.71. The zero-order chi connectivity index (χ0) is 17.6. The van der Waals surface area contributed by atoms with Gasteiger partial charge in [0.15, 0.2) is 0 Å². The van der Waals surface area contributed by atoms with Crippen LogP contribution in [0.4, 0.5) is 5.69 Å². The number of benzene rings is 1. The van der Waals surface area contributed by atoms with Gasteiger partial charge in [-0.3, -0.25) is 13.9 Å². The van der Waals surface area contributed by atoms with Gasteiger partial charge in [0.25, 0.3) is 0 Å². The van der Waals surface area contributed by atoms with Gasteiger partial charge in [-0.25, -0.2) is 4.79 Å². The number of imidazole rings is 1. The smallest absolute Gasteiger partial charge is 0.332 e. The summed E-state index contributed by atoms with van der Waals surface area (Å²) >= 11 is 6.17. The Morgan fingerprint density at radius 3 is 2.67 bits per heavy atom. The molecule has 0 radical (unpaired) electrons. The standard InChI is InChI=1S/C17H20ClN3O3/c1-17(2,3)21-15(23)10-19(16(21)24)9-14(22)20-8-7-11-12(18)5-4-6-13(11)20/h4-6,10,23H,7-9H2,1-3H3. The van der Waals surface area contributed by atoms with Crippen LogP contribution in [0.5, 0.6) is 5.88 Å². The summed E-state index contributed by atoms with van der Waals surface area (Å²) in [6, 6.07) is 5.47. The molecule has 0 unspecified atom stereocenters. The van der Waals surface area contributed by atoms with Crippen LogP contribution in [0.1, 0.15) is 26.3 Å². The molecule has 6 nitrogen and oxygen atoms in total. The van der Waals surface area contributed by atoms with Crippen molar-refractivity contribution in [1.82, 2.24) is 9.13 Å². The molecule has 0 atom stereocenters. The highest BCUT2D eigenvalue weighted by atomic mass is 35.5. The summed E-state index contributed by atoms with van der Waals surface area (Å²) < 4.78 is 2.51. The molecule has 128 valence electrons. The minimum Gasteiger partial charge on any atom is -0.493 e. The highest BCUT2D eigenvalue weighted by Crippen LogP contribution is 2.33. The maximum absolute atomic E-state index is 12.6. The van der Waals surface area contributed by atoms with Crippen molar-refractivity contribution < 1.29 is 9.90 Å². The van der Waals surface area contributed by atoms with Crippen molar-refractivity contribution in [2.24, 2.45) is 0 Å². The molecular formula is C17H20ClN3O3. The average molecular weight is 350 g/mol. The van der Waals surface area contributed by atoms with E-state index in [1.165, 1.54) is 15.3 Å². The molecule has 24 heavy (non-hydrogen) atoms. The van der Waals surface area contributed by atoms with E-state index in [1.807, 2.05) is 26.8 Å². The number of rotatable bonds is 2. The summed E-state index contributed by atoms with van der Waals surface area (Å²) in [4.78, 5) is 26.7. The summed E-state index contributed by atoms with van der Waals surface area (Å²) in [6.07, 6.45) is 2.00. The number of nitrogens with zero attached hydrogens (tertiary/aromatic N) is 3. The molecule has 1 amide bonds. The van der Waals surface area contributed by atoms with Gasteiger partial charge in [-0.1, -0.05) is 17.7 Å².